The highest BCUT2D eigenvalue weighted by atomic mass is 16.6. The first kappa shape index (κ1) is 13.8. The summed E-state index contributed by atoms with van der Waals surface area (Å²) in [5.41, 5.74) is 6.17. The number of nitrogens with one attached hydrogen (secondary N) is 1. The molecule has 0 saturated carbocycles. The van der Waals surface area contributed by atoms with Crippen molar-refractivity contribution in [2.24, 2.45) is 5.73 Å². The van der Waals surface area contributed by atoms with Gasteiger partial charge in [-0.15, -0.1) is 0 Å². The molecule has 1 rings (SSSR count). The Bertz CT molecular complexity index is 295. The first-order chi connectivity index (χ1) is 7.92. The first-order valence-corrected chi connectivity index (χ1v) is 5.92. The standard InChI is InChI=1S/C12H22N2O3/c1-12(2,3)17-11(15)14-10(7-13)9-5-4-6-16-8-9/h8,10H,4-7,13H2,1-3H3,(H,14,15). The molecule has 0 radical (unpaired) electrons. The van der Waals surface area contributed by atoms with Crippen molar-refractivity contribution >= 4 is 6.09 Å². The summed E-state index contributed by atoms with van der Waals surface area (Å²) >= 11 is 0. The largest absolute Gasteiger partial charge is 0.501 e. The highest BCUT2D eigenvalue weighted by molar-refractivity contribution is 5.68. The fourth-order valence-corrected chi connectivity index (χ4v) is 1.59. The summed E-state index contributed by atoms with van der Waals surface area (Å²) < 4.78 is 10.4. The minimum absolute atomic E-state index is 0.204. The van der Waals surface area contributed by atoms with E-state index in [1.807, 2.05) is 20.8 Å². The molecule has 1 unspecified atom stereocenters. The van der Waals surface area contributed by atoms with Crippen molar-refractivity contribution in [3.63, 3.8) is 0 Å². The van der Waals surface area contributed by atoms with Crippen LogP contribution in [0.25, 0.3) is 0 Å². The van der Waals surface area contributed by atoms with E-state index in [-0.39, 0.29) is 6.04 Å². The number of hydrogen-bond acceptors (Lipinski definition) is 4. The molecule has 0 saturated heterocycles. The van der Waals surface area contributed by atoms with Gasteiger partial charge in [0, 0.05) is 6.54 Å². The number of amides is 1. The SMILES string of the molecule is CC(C)(C)OC(=O)NC(CN)C1=COCCC1. The minimum atomic E-state index is -0.499. The Morgan fingerprint density at radius 3 is 2.82 bits per heavy atom. The van der Waals surface area contributed by atoms with Gasteiger partial charge in [0.25, 0.3) is 0 Å². The summed E-state index contributed by atoms with van der Waals surface area (Å²) in [6.45, 7) is 6.55. The van der Waals surface area contributed by atoms with Gasteiger partial charge in [0.05, 0.1) is 18.9 Å². The molecule has 1 aliphatic rings. The maximum atomic E-state index is 11.6. The maximum Gasteiger partial charge on any atom is 0.408 e. The van der Waals surface area contributed by atoms with Crippen LogP contribution >= 0.6 is 0 Å². The van der Waals surface area contributed by atoms with Gasteiger partial charge in [-0.05, 0) is 39.2 Å². The fourth-order valence-electron chi connectivity index (χ4n) is 1.59. The summed E-state index contributed by atoms with van der Waals surface area (Å²) in [5, 5.41) is 2.76. The van der Waals surface area contributed by atoms with E-state index in [4.69, 9.17) is 15.2 Å². The molecule has 0 aromatic rings. The molecule has 1 atom stereocenters. The van der Waals surface area contributed by atoms with Gasteiger partial charge in [-0.2, -0.15) is 0 Å². The third kappa shape index (κ3) is 5.08. The third-order valence-corrected chi connectivity index (χ3v) is 2.34. The molecule has 1 amide bonds. The number of ether oxygens (including phenoxy) is 2. The van der Waals surface area contributed by atoms with Crippen LogP contribution in [0.1, 0.15) is 33.6 Å². The number of carbonyl (C=O) groups excluding carboxylic acids is 1. The van der Waals surface area contributed by atoms with Crippen molar-refractivity contribution in [3.8, 4) is 0 Å². The molecule has 0 aliphatic carbocycles. The lowest BCUT2D eigenvalue weighted by Crippen LogP contribution is -2.44. The second-order valence-electron chi connectivity index (χ2n) is 5.10. The average Bonchev–Trinajstić information content (AvgIpc) is 2.24. The number of hydrogen-bond donors (Lipinski definition) is 2. The number of nitrogens with two attached hydrogens (primary N) is 1. The van der Waals surface area contributed by atoms with Gasteiger partial charge in [0.15, 0.2) is 0 Å². The molecule has 0 aromatic heterocycles. The summed E-state index contributed by atoms with van der Waals surface area (Å²) in [4.78, 5) is 11.6. The van der Waals surface area contributed by atoms with Crippen LogP contribution in [-0.2, 0) is 9.47 Å². The second-order valence-corrected chi connectivity index (χ2v) is 5.10. The van der Waals surface area contributed by atoms with Gasteiger partial charge in [-0.25, -0.2) is 4.79 Å². The van der Waals surface area contributed by atoms with E-state index in [0.29, 0.717) is 6.54 Å². The Labute approximate surface area is 102 Å². The Hall–Kier alpha value is -1.23. The Kier molecular flexibility index (Phi) is 4.81. The molecular formula is C12H22N2O3. The highest BCUT2D eigenvalue weighted by Crippen LogP contribution is 2.16. The molecule has 1 aliphatic heterocycles. The normalized spacial score (nSPS) is 17.8. The molecule has 5 nitrogen and oxygen atoms in total. The summed E-state index contributed by atoms with van der Waals surface area (Å²) in [6.07, 6.45) is 3.11. The summed E-state index contributed by atoms with van der Waals surface area (Å²) in [5.74, 6) is 0. The molecule has 5 heteroatoms. The molecule has 0 aromatic carbocycles. The van der Waals surface area contributed by atoms with Crippen molar-refractivity contribution in [2.45, 2.75) is 45.3 Å². The minimum Gasteiger partial charge on any atom is -0.501 e. The van der Waals surface area contributed by atoms with E-state index in [2.05, 4.69) is 5.32 Å². The lowest BCUT2D eigenvalue weighted by molar-refractivity contribution is 0.0511. The van der Waals surface area contributed by atoms with Crippen molar-refractivity contribution in [3.05, 3.63) is 11.8 Å². The molecule has 0 spiro atoms. The van der Waals surface area contributed by atoms with Crippen LogP contribution in [0, 0.1) is 0 Å². The van der Waals surface area contributed by atoms with Crippen LogP contribution in [0.15, 0.2) is 11.8 Å². The zero-order valence-electron chi connectivity index (χ0n) is 10.8. The lowest BCUT2D eigenvalue weighted by Gasteiger charge is -2.25. The first-order valence-electron chi connectivity index (χ1n) is 5.92. The van der Waals surface area contributed by atoms with E-state index in [1.54, 1.807) is 6.26 Å². The van der Waals surface area contributed by atoms with Gasteiger partial charge in [-0.3, -0.25) is 0 Å². The molecule has 98 valence electrons. The monoisotopic (exact) mass is 242 g/mol. The average molecular weight is 242 g/mol. The van der Waals surface area contributed by atoms with Gasteiger partial charge in [0.1, 0.15) is 5.60 Å². The topological polar surface area (TPSA) is 73.6 Å². The number of carbonyl (C=O) groups is 1. The third-order valence-electron chi connectivity index (χ3n) is 2.34. The molecule has 1 heterocycles. The van der Waals surface area contributed by atoms with Gasteiger partial charge < -0.3 is 20.5 Å². The summed E-state index contributed by atoms with van der Waals surface area (Å²) in [7, 11) is 0. The van der Waals surface area contributed by atoms with Crippen LogP contribution in [0.5, 0.6) is 0 Å². The zero-order valence-corrected chi connectivity index (χ0v) is 10.8. The van der Waals surface area contributed by atoms with Crippen LogP contribution in [0.2, 0.25) is 0 Å². The fraction of sp³-hybridized carbons (Fsp3) is 0.750. The van der Waals surface area contributed by atoms with E-state index >= 15 is 0 Å². The molecule has 3 N–H and O–H groups in total. The second kappa shape index (κ2) is 5.91. The van der Waals surface area contributed by atoms with E-state index in [1.165, 1.54) is 0 Å². The molecule has 0 bridgehead atoms. The van der Waals surface area contributed by atoms with Gasteiger partial charge in [-0.1, -0.05) is 0 Å². The Morgan fingerprint density at radius 1 is 1.65 bits per heavy atom. The predicted octanol–water partition coefficient (Wildman–Crippen LogP) is 1.53. The molecule has 0 fully saturated rings. The maximum absolute atomic E-state index is 11.6. The van der Waals surface area contributed by atoms with Crippen LogP contribution in [0.4, 0.5) is 4.79 Å². The number of alkyl carbamates (subject to hydrolysis) is 1. The van der Waals surface area contributed by atoms with Crippen molar-refractivity contribution in [1.82, 2.24) is 5.32 Å². The Morgan fingerprint density at radius 2 is 2.35 bits per heavy atom. The van der Waals surface area contributed by atoms with Crippen LogP contribution in [-0.4, -0.2) is 30.9 Å². The zero-order chi connectivity index (χ0) is 12.9. The van der Waals surface area contributed by atoms with Crippen molar-refractivity contribution in [2.75, 3.05) is 13.2 Å². The number of rotatable bonds is 3. The van der Waals surface area contributed by atoms with E-state index in [0.717, 1.165) is 25.0 Å². The van der Waals surface area contributed by atoms with Gasteiger partial charge in [0.2, 0.25) is 0 Å². The highest BCUT2D eigenvalue weighted by Gasteiger charge is 2.22. The van der Waals surface area contributed by atoms with Crippen LogP contribution < -0.4 is 11.1 Å². The Balaban J connectivity index is 2.52. The van der Waals surface area contributed by atoms with E-state index in [9.17, 15) is 4.79 Å². The van der Waals surface area contributed by atoms with Crippen LogP contribution in [0.3, 0.4) is 0 Å². The molecule has 17 heavy (non-hydrogen) atoms. The smallest absolute Gasteiger partial charge is 0.408 e. The predicted molar refractivity (Wildman–Crippen MR) is 65.5 cm³/mol. The summed E-state index contributed by atoms with van der Waals surface area (Å²) in [6, 6.07) is -0.204. The van der Waals surface area contributed by atoms with Crippen molar-refractivity contribution < 1.29 is 14.3 Å². The van der Waals surface area contributed by atoms with Gasteiger partial charge >= 0.3 is 6.09 Å². The quantitative estimate of drug-likeness (QED) is 0.787. The lowest BCUT2D eigenvalue weighted by atomic mass is 10.0. The van der Waals surface area contributed by atoms with E-state index < -0.39 is 11.7 Å². The van der Waals surface area contributed by atoms with Crippen molar-refractivity contribution in [1.29, 1.82) is 0 Å². The molecular weight excluding hydrogens is 220 g/mol.